The molecule has 0 radical (unpaired) electrons. The fourth-order valence-corrected chi connectivity index (χ4v) is 3.24. The van der Waals surface area contributed by atoms with Gasteiger partial charge in [0.1, 0.15) is 0 Å². The van der Waals surface area contributed by atoms with Crippen LogP contribution in [0.15, 0.2) is 0 Å². The Labute approximate surface area is 88.2 Å². The summed E-state index contributed by atoms with van der Waals surface area (Å²) in [5.74, 6) is 2.06. The predicted molar refractivity (Wildman–Crippen MR) is 52.2 cm³/mol. The first kappa shape index (κ1) is 11.2. The molecule has 2 aliphatic carbocycles. The van der Waals surface area contributed by atoms with Crippen LogP contribution in [0.3, 0.4) is 0 Å². The summed E-state index contributed by atoms with van der Waals surface area (Å²) in [7, 11) is 0. The van der Waals surface area contributed by atoms with Crippen LogP contribution in [0.5, 0.6) is 0 Å². The second kappa shape index (κ2) is 3.96. The van der Waals surface area contributed by atoms with E-state index in [1.807, 2.05) is 0 Å². The van der Waals surface area contributed by atoms with E-state index in [0.717, 1.165) is 11.8 Å². The van der Waals surface area contributed by atoms with Gasteiger partial charge in [-0.25, -0.2) is 0 Å². The standard InChI is InChI=1S/C11H18F3N/c12-11(13,14)6-2-5-9(15)10-7-3-1-4-8(7)10/h7-10H,1-6,15H2. The Kier molecular flexibility index (Phi) is 2.97. The molecule has 0 aromatic rings. The van der Waals surface area contributed by atoms with Crippen LogP contribution in [-0.4, -0.2) is 12.2 Å². The van der Waals surface area contributed by atoms with Crippen LogP contribution < -0.4 is 5.73 Å². The molecule has 0 spiro atoms. The summed E-state index contributed by atoms with van der Waals surface area (Å²) in [6.45, 7) is 0. The Balaban J connectivity index is 1.64. The number of hydrogen-bond donors (Lipinski definition) is 1. The molecule has 3 unspecified atom stereocenters. The van der Waals surface area contributed by atoms with E-state index in [1.54, 1.807) is 0 Å². The van der Waals surface area contributed by atoms with Gasteiger partial charge in [0.05, 0.1) is 0 Å². The molecule has 0 aromatic carbocycles. The van der Waals surface area contributed by atoms with E-state index in [4.69, 9.17) is 5.73 Å². The van der Waals surface area contributed by atoms with Crippen molar-refractivity contribution in [1.29, 1.82) is 0 Å². The number of halogens is 3. The molecule has 2 rings (SSSR count). The third-order valence-corrected chi connectivity index (χ3v) is 3.96. The summed E-state index contributed by atoms with van der Waals surface area (Å²) in [5, 5.41) is 0. The number of hydrogen-bond acceptors (Lipinski definition) is 1. The van der Waals surface area contributed by atoms with Gasteiger partial charge < -0.3 is 5.73 Å². The van der Waals surface area contributed by atoms with E-state index in [0.29, 0.717) is 12.3 Å². The Morgan fingerprint density at radius 1 is 1.20 bits per heavy atom. The lowest BCUT2D eigenvalue weighted by Gasteiger charge is -2.14. The zero-order chi connectivity index (χ0) is 11.1. The quantitative estimate of drug-likeness (QED) is 0.775. The van der Waals surface area contributed by atoms with Gasteiger partial charge in [0.15, 0.2) is 0 Å². The fraction of sp³-hybridized carbons (Fsp3) is 1.00. The van der Waals surface area contributed by atoms with Crippen molar-refractivity contribution < 1.29 is 13.2 Å². The molecule has 0 amide bonds. The van der Waals surface area contributed by atoms with Crippen molar-refractivity contribution in [3.63, 3.8) is 0 Å². The van der Waals surface area contributed by atoms with Crippen molar-refractivity contribution in [2.45, 2.75) is 50.7 Å². The summed E-state index contributed by atoms with van der Waals surface area (Å²) in [6.07, 6.45) is -0.161. The minimum atomic E-state index is -4.01. The molecule has 0 saturated heterocycles. The van der Waals surface area contributed by atoms with Crippen LogP contribution in [0.25, 0.3) is 0 Å². The molecule has 0 aromatic heterocycles. The zero-order valence-electron chi connectivity index (χ0n) is 8.76. The largest absolute Gasteiger partial charge is 0.389 e. The first-order chi connectivity index (χ1) is 6.99. The van der Waals surface area contributed by atoms with Gasteiger partial charge in [-0.15, -0.1) is 0 Å². The Morgan fingerprint density at radius 3 is 2.33 bits per heavy atom. The zero-order valence-corrected chi connectivity index (χ0v) is 8.76. The third-order valence-electron chi connectivity index (χ3n) is 3.96. The molecular formula is C11H18F3N. The molecule has 3 atom stereocenters. The lowest BCUT2D eigenvalue weighted by molar-refractivity contribution is -0.135. The SMILES string of the molecule is NC(CCCC(F)(F)F)C1C2CCCC21. The van der Waals surface area contributed by atoms with Gasteiger partial charge in [0.2, 0.25) is 0 Å². The first-order valence-corrected chi connectivity index (χ1v) is 5.81. The number of nitrogens with two attached hydrogens (primary N) is 1. The summed E-state index contributed by atoms with van der Waals surface area (Å²) in [5.41, 5.74) is 5.93. The van der Waals surface area contributed by atoms with Crippen LogP contribution in [0.1, 0.15) is 38.5 Å². The molecule has 0 aliphatic heterocycles. The van der Waals surface area contributed by atoms with Crippen LogP contribution in [0.2, 0.25) is 0 Å². The molecule has 1 nitrogen and oxygen atoms in total. The molecule has 4 heteroatoms. The van der Waals surface area contributed by atoms with Crippen molar-refractivity contribution in [2.75, 3.05) is 0 Å². The third kappa shape index (κ3) is 2.65. The van der Waals surface area contributed by atoms with Crippen molar-refractivity contribution >= 4 is 0 Å². The van der Waals surface area contributed by atoms with E-state index >= 15 is 0 Å². The first-order valence-electron chi connectivity index (χ1n) is 5.81. The molecule has 2 aliphatic rings. The molecule has 15 heavy (non-hydrogen) atoms. The summed E-state index contributed by atoms with van der Waals surface area (Å²) >= 11 is 0. The molecule has 0 heterocycles. The Morgan fingerprint density at radius 2 is 1.80 bits per heavy atom. The van der Waals surface area contributed by atoms with Crippen LogP contribution in [-0.2, 0) is 0 Å². The molecule has 88 valence electrons. The Bertz CT molecular complexity index is 216. The summed E-state index contributed by atoms with van der Waals surface area (Å²) in [4.78, 5) is 0. The molecule has 2 fully saturated rings. The maximum atomic E-state index is 11.9. The van der Waals surface area contributed by atoms with Gasteiger partial charge in [0.25, 0.3) is 0 Å². The van der Waals surface area contributed by atoms with E-state index < -0.39 is 12.6 Å². The fourth-order valence-electron chi connectivity index (χ4n) is 3.24. The monoisotopic (exact) mass is 221 g/mol. The molecule has 2 saturated carbocycles. The minimum Gasteiger partial charge on any atom is -0.327 e. The number of alkyl halides is 3. The van der Waals surface area contributed by atoms with Crippen LogP contribution in [0, 0.1) is 17.8 Å². The van der Waals surface area contributed by atoms with Gasteiger partial charge in [0, 0.05) is 12.5 Å². The average Bonchev–Trinajstić information content (AvgIpc) is 2.58. The normalized spacial score (nSPS) is 36.4. The topological polar surface area (TPSA) is 26.0 Å². The minimum absolute atomic E-state index is 0.0163. The highest BCUT2D eigenvalue weighted by molar-refractivity contribution is 5.05. The lowest BCUT2D eigenvalue weighted by Crippen LogP contribution is -2.25. The van der Waals surface area contributed by atoms with Gasteiger partial charge >= 0.3 is 6.18 Å². The van der Waals surface area contributed by atoms with Crippen molar-refractivity contribution in [2.24, 2.45) is 23.5 Å². The predicted octanol–water partition coefficient (Wildman–Crippen LogP) is 3.09. The molecule has 2 N–H and O–H groups in total. The van der Waals surface area contributed by atoms with Gasteiger partial charge in [-0.3, -0.25) is 0 Å². The van der Waals surface area contributed by atoms with Crippen molar-refractivity contribution in [3.8, 4) is 0 Å². The van der Waals surface area contributed by atoms with Crippen molar-refractivity contribution in [1.82, 2.24) is 0 Å². The molecular weight excluding hydrogens is 203 g/mol. The Hall–Kier alpha value is -0.250. The smallest absolute Gasteiger partial charge is 0.327 e. The summed E-state index contributed by atoms with van der Waals surface area (Å²) in [6, 6.07) is 0.0163. The van der Waals surface area contributed by atoms with E-state index in [-0.39, 0.29) is 12.5 Å². The maximum Gasteiger partial charge on any atom is 0.389 e. The second-order valence-electron chi connectivity index (χ2n) is 5.01. The van der Waals surface area contributed by atoms with E-state index in [9.17, 15) is 13.2 Å². The lowest BCUT2D eigenvalue weighted by atomic mass is 10.00. The number of fused-ring (bicyclic) bond motifs is 1. The maximum absolute atomic E-state index is 11.9. The average molecular weight is 221 g/mol. The highest BCUT2D eigenvalue weighted by Crippen LogP contribution is 2.59. The van der Waals surface area contributed by atoms with Gasteiger partial charge in [-0.2, -0.15) is 13.2 Å². The van der Waals surface area contributed by atoms with Gasteiger partial charge in [-0.05, 0) is 43.4 Å². The van der Waals surface area contributed by atoms with Gasteiger partial charge in [-0.1, -0.05) is 6.42 Å². The highest BCUT2D eigenvalue weighted by Gasteiger charge is 2.54. The van der Waals surface area contributed by atoms with Crippen LogP contribution in [0.4, 0.5) is 13.2 Å². The van der Waals surface area contributed by atoms with Crippen molar-refractivity contribution in [3.05, 3.63) is 0 Å². The second-order valence-corrected chi connectivity index (χ2v) is 5.01. The van der Waals surface area contributed by atoms with Crippen LogP contribution >= 0.6 is 0 Å². The molecule has 0 bridgehead atoms. The highest BCUT2D eigenvalue weighted by atomic mass is 19.4. The number of rotatable bonds is 4. The van der Waals surface area contributed by atoms with E-state index in [1.165, 1.54) is 19.3 Å². The van der Waals surface area contributed by atoms with E-state index in [2.05, 4.69) is 0 Å². The summed E-state index contributed by atoms with van der Waals surface area (Å²) < 4.78 is 35.7.